The first-order valence-corrected chi connectivity index (χ1v) is 5.80. The third kappa shape index (κ3) is 3.96. The molecule has 1 rings (SSSR count). The lowest BCUT2D eigenvalue weighted by Crippen LogP contribution is -2.25. The maximum atomic E-state index is 10.8. The Morgan fingerprint density at radius 1 is 1.26 bits per heavy atom. The zero-order valence-electron chi connectivity index (χ0n) is 10.5. The molecular formula is C13H16O6. The zero-order chi connectivity index (χ0) is 14.4. The number of ether oxygens (including phenoxy) is 1. The lowest BCUT2D eigenvalue weighted by Gasteiger charge is -2.12. The molecule has 1 aromatic carbocycles. The van der Waals surface area contributed by atoms with Crippen LogP contribution >= 0.6 is 0 Å². The second-order valence-corrected chi connectivity index (χ2v) is 3.97. The molecule has 0 unspecified atom stereocenters. The minimum absolute atomic E-state index is 0.135. The van der Waals surface area contributed by atoms with Crippen molar-refractivity contribution in [2.45, 2.75) is 20.0 Å². The molecule has 0 bridgehead atoms. The average Bonchev–Trinajstić information content (AvgIpc) is 2.36. The Bertz CT molecular complexity index is 454. The van der Waals surface area contributed by atoms with E-state index >= 15 is 0 Å². The number of aliphatic hydroxyl groups is 1. The molecule has 0 amide bonds. The van der Waals surface area contributed by atoms with Crippen molar-refractivity contribution in [3.8, 4) is 5.75 Å². The number of aliphatic carboxylic acids is 2. The molecule has 6 nitrogen and oxygen atoms in total. The fraction of sp³-hybridized carbons (Fsp3) is 0.385. The van der Waals surface area contributed by atoms with Crippen molar-refractivity contribution in [2.75, 3.05) is 6.61 Å². The van der Waals surface area contributed by atoms with Gasteiger partial charge < -0.3 is 20.1 Å². The van der Waals surface area contributed by atoms with Crippen molar-refractivity contribution < 1.29 is 29.6 Å². The van der Waals surface area contributed by atoms with E-state index in [2.05, 4.69) is 0 Å². The number of carbonyl (C=O) groups is 2. The molecule has 0 aliphatic carbocycles. The summed E-state index contributed by atoms with van der Waals surface area (Å²) in [5, 5.41) is 26.8. The van der Waals surface area contributed by atoms with Gasteiger partial charge in [0.25, 0.3) is 0 Å². The normalized spacial score (nSPS) is 10.5. The predicted molar refractivity (Wildman–Crippen MR) is 66.0 cm³/mol. The molecule has 0 heterocycles. The number of carboxylic acid groups (broad SMARTS) is 2. The quantitative estimate of drug-likeness (QED) is 0.635. The molecular weight excluding hydrogens is 252 g/mol. The molecule has 0 saturated heterocycles. The van der Waals surface area contributed by atoms with E-state index in [1.807, 2.05) is 0 Å². The van der Waals surface area contributed by atoms with E-state index in [1.165, 1.54) is 0 Å². The smallest absolute Gasteiger partial charge is 0.318 e. The Balaban J connectivity index is 2.96. The van der Waals surface area contributed by atoms with Crippen molar-refractivity contribution in [1.82, 2.24) is 0 Å². The van der Waals surface area contributed by atoms with Gasteiger partial charge in [-0.15, -0.1) is 0 Å². The Morgan fingerprint density at radius 3 is 2.37 bits per heavy atom. The monoisotopic (exact) mass is 268 g/mol. The van der Waals surface area contributed by atoms with Crippen LogP contribution in [0.1, 0.15) is 18.1 Å². The summed E-state index contributed by atoms with van der Waals surface area (Å²) in [4.78, 5) is 21.6. The number of aliphatic hydroxyl groups excluding tert-OH is 1. The molecule has 19 heavy (non-hydrogen) atoms. The van der Waals surface area contributed by atoms with Gasteiger partial charge in [-0.1, -0.05) is 6.07 Å². The van der Waals surface area contributed by atoms with Crippen LogP contribution in [0.15, 0.2) is 18.2 Å². The maximum Gasteiger partial charge on any atom is 0.318 e. The van der Waals surface area contributed by atoms with Gasteiger partial charge in [-0.05, 0) is 31.0 Å². The Hall–Kier alpha value is -2.08. The largest absolute Gasteiger partial charge is 0.494 e. The van der Waals surface area contributed by atoms with E-state index in [9.17, 15) is 14.7 Å². The molecule has 0 radical (unpaired) electrons. The van der Waals surface area contributed by atoms with Gasteiger partial charge in [0.05, 0.1) is 13.2 Å². The Morgan fingerprint density at radius 2 is 1.89 bits per heavy atom. The van der Waals surface area contributed by atoms with Gasteiger partial charge in [0.15, 0.2) is 5.92 Å². The van der Waals surface area contributed by atoms with Crippen LogP contribution in [-0.4, -0.2) is 33.9 Å². The second-order valence-electron chi connectivity index (χ2n) is 3.97. The molecule has 1 aromatic rings. The van der Waals surface area contributed by atoms with Crippen molar-refractivity contribution in [3.05, 3.63) is 29.3 Å². The summed E-state index contributed by atoms with van der Waals surface area (Å²) in [6, 6.07) is 4.76. The topological polar surface area (TPSA) is 104 Å². The zero-order valence-corrected chi connectivity index (χ0v) is 10.5. The van der Waals surface area contributed by atoms with Gasteiger partial charge in [0.1, 0.15) is 5.75 Å². The first-order chi connectivity index (χ1) is 8.99. The number of carboxylic acids is 2. The van der Waals surface area contributed by atoms with Crippen LogP contribution in [-0.2, 0) is 22.6 Å². The van der Waals surface area contributed by atoms with Crippen molar-refractivity contribution in [1.29, 1.82) is 0 Å². The van der Waals surface area contributed by atoms with Crippen LogP contribution in [0, 0.1) is 5.92 Å². The molecule has 6 heteroatoms. The molecule has 0 aliphatic rings. The summed E-state index contributed by atoms with van der Waals surface area (Å²) in [5.74, 6) is -3.75. The van der Waals surface area contributed by atoms with E-state index in [0.717, 1.165) is 0 Å². The van der Waals surface area contributed by atoms with Crippen LogP contribution in [0.2, 0.25) is 0 Å². The number of hydrogen-bond acceptors (Lipinski definition) is 4. The highest BCUT2D eigenvalue weighted by atomic mass is 16.5. The van der Waals surface area contributed by atoms with Crippen LogP contribution in [0.5, 0.6) is 5.75 Å². The fourth-order valence-electron chi connectivity index (χ4n) is 1.70. The standard InChI is InChI=1S/C13H16O6/c1-2-19-11-4-3-8(5-9(11)7-14)6-10(12(15)16)13(17)18/h3-5,10,14H,2,6-7H2,1H3,(H,15,16)(H,17,18). The number of hydrogen-bond donors (Lipinski definition) is 3. The van der Waals surface area contributed by atoms with E-state index < -0.39 is 17.9 Å². The predicted octanol–water partition coefficient (Wildman–Crippen LogP) is 0.905. The molecule has 0 spiro atoms. The van der Waals surface area contributed by atoms with E-state index in [-0.39, 0.29) is 13.0 Å². The molecule has 0 atom stereocenters. The molecule has 0 aromatic heterocycles. The number of benzene rings is 1. The van der Waals surface area contributed by atoms with Gasteiger partial charge in [-0.25, -0.2) is 0 Å². The molecule has 104 valence electrons. The van der Waals surface area contributed by atoms with E-state index in [1.54, 1.807) is 25.1 Å². The van der Waals surface area contributed by atoms with Gasteiger partial charge in [0.2, 0.25) is 0 Å². The van der Waals surface area contributed by atoms with Crippen molar-refractivity contribution in [2.24, 2.45) is 5.92 Å². The van der Waals surface area contributed by atoms with Gasteiger partial charge in [-0.3, -0.25) is 9.59 Å². The molecule has 0 fully saturated rings. The molecule has 0 aliphatic heterocycles. The lowest BCUT2D eigenvalue weighted by molar-refractivity contribution is -0.154. The van der Waals surface area contributed by atoms with Crippen LogP contribution in [0.4, 0.5) is 0 Å². The summed E-state index contributed by atoms with van der Waals surface area (Å²) >= 11 is 0. The Labute approximate surface area is 110 Å². The lowest BCUT2D eigenvalue weighted by atomic mass is 9.98. The maximum absolute atomic E-state index is 10.8. The minimum atomic E-state index is -1.50. The first-order valence-electron chi connectivity index (χ1n) is 5.80. The minimum Gasteiger partial charge on any atom is -0.494 e. The average molecular weight is 268 g/mol. The summed E-state index contributed by atoms with van der Waals surface area (Å²) < 4.78 is 5.29. The van der Waals surface area contributed by atoms with E-state index in [4.69, 9.17) is 14.9 Å². The highest BCUT2D eigenvalue weighted by Gasteiger charge is 2.26. The van der Waals surface area contributed by atoms with Crippen LogP contribution < -0.4 is 4.74 Å². The van der Waals surface area contributed by atoms with Gasteiger partial charge in [-0.2, -0.15) is 0 Å². The summed E-state index contributed by atoms with van der Waals surface area (Å²) in [6.07, 6.45) is -0.135. The molecule has 3 N–H and O–H groups in total. The van der Waals surface area contributed by atoms with Crippen molar-refractivity contribution >= 4 is 11.9 Å². The first kappa shape index (κ1) is 15.0. The highest BCUT2D eigenvalue weighted by molar-refractivity contribution is 5.93. The number of rotatable bonds is 7. The third-order valence-corrected chi connectivity index (χ3v) is 2.63. The van der Waals surface area contributed by atoms with Crippen LogP contribution in [0.25, 0.3) is 0 Å². The SMILES string of the molecule is CCOc1ccc(CC(C(=O)O)C(=O)O)cc1CO. The second kappa shape index (κ2) is 6.75. The third-order valence-electron chi connectivity index (χ3n) is 2.63. The summed E-state index contributed by atoms with van der Waals surface area (Å²) in [5.41, 5.74) is 1.04. The fourth-order valence-corrected chi connectivity index (χ4v) is 1.70. The van der Waals surface area contributed by atoms with Gasteiger partial charge in [0, 0.05) is 5.56 Å². The van der Waals surface area contributed by atoms with Gasteiger partial charge >= 0.3 is 11.9 Å². The Kier molecular flexibility index (Phi) is 5.32. The van der Waals surface area contributed by atoms with Crippen molar-refractivity contribution in [3.63, 3.8) is 0 Å². The highest BCUT2D eigenvalue weighted by Crippen LogP contribution is 2.22. The molecule has 0 saturated carbocycles. The summed E-state index contributed by atoms with van der Waals surface area (Å²) in [7, 11) is 0. The summed E-state index contributed by atoms with van der Waals surface area (Å²) in [6.45, 7) is 1.99. The van der Waals surface area contributed by atoms with E-state index in [0.29, 0.717) is 23.5 Å². The van der Waals surface area contributed by atoms with Crippen LogP contribution in [0.3, 0.4) is 0 Å².